The average Bonchev–Trinajstić information content (AvgIpc) is 2.35. The van der Waals surface area contributed by atoms with Crippen LogP contribution < -0.4 is 10.6 Å². The highest BCUT2D eigenvalue weighted by molar-refractivity contribution is 5.68. The lowest BCUT2D eigenvalue weighted by molar-refractivity contribution is 0.0459. The van der Waals surface area contributed by atoms with E-state index in [0.717, 1.165) is 18.8 Å². The van der Waals surface area contributed by atoms with Gasteiger partial charge in [0.2, 0.25) is 0 Å². The maximum Gasteiger partial charge on any atom is 0.407 e. The Morgan fingerprint density at radius 2 is 1.74 bits per heavy atom. The Morgan fingerprint density at radius 1 is 1.13 bits per heavy atom. The first-order valence-corrected chi connectivity index (χ1v) is 9.19. The van der Waals surface area contributed by atoms with Crippen LogP contribution in [0.25, 0.3) is 0 Å². The fraction of sp³-hybridized carbons (Fsp3) is 0.944. The molecule has 2 N–H and O–H groups in total. The lowest BCUT2D eigenvalue weighted by Gasteiger charge is -2.41. The van der Waals surface area contributed by atoms with Crippen molar-refractivity contribution in [2.24, 2.45) is 5.92 Å². The molecule has 1 saturated carbocycles. The van der Waals surface area contributed by atoms with Crippen molar-refractivity contribution in [2.75, 3.05) is 19.6 Å². The SMILES string of the molecule is CC(C)CN1CCC(NC2CC(NC(=O)OC(C)(C)C)C2)CC1. The van der Waals surface area contributed by atoms with Gasteiger partial charge in [-0.25, -0.2) is 4.79 Å². The Labute approximate surface area is 141 Å². The molecule has 0 aromatic carbocycles. The van der Waals surface area contributed by atoms with Crippen molar-refractivity contribution >= 4 is 6.09 Å². The van der Waals surface area contributed by atoms with Crippen LogP contribution in [0.4, 0.5) is 4.79 Å². The van der Waals surface area contributed by atoms with Gasteiger partial charge in [0, 0.05) is 24.7 Å². The first kappa shape index (κ1) is 18.5. The van der Waals surface area contributed by atoms with Crippen molar-refractivity contribution in [3.05, 3.63) is 0 Å². The first-order valence-electron chi connectivity index (χ1n) is 9.19. The summed E-state index contributed by atoms with van der Waals surface area (Å²) in [4.78, 5) is 14.3. The van der Waals surface area contributed by atoms with Crippen LogP contribution in [0.3, 0.4) is 0 Å². The normalized spacial score (nSPS) is 26.9. The Bertz CT molecular complexity index is 378. The topological polar surface area (TPSA) is 53.6 Å². The molecule has 0 atom stereocenters. The van der Waals surface area contributed by atoms with Gasteiger partial charge in [0.05, 0.1) is 0 Å². The van der Waals surface area contributed by atoms with Gasteiger partial charge < -0.3 is 20.3 Å². The van der Waals surface area contributed by atoms with E-state index in [1.165, 1.54) is 32.5 Å². The number of piperidine rings is 1. The van der Waals surface area contributed by atoms with Gasteiger partial charge in [-0.05, 0) is 65.5 Å². The molecule has 134 valence electrons. The summed E-state index contributed by atoms with van der Waals surface area (Å²) in [5, 5.41) is 6.72. The Kier molecular flexibility index (Phi) is 6.32. The second kappa shape index (κ2) is 7.84. The van der Waals surface area contributed by atoms with Gasteiger partial charge in [0.25, 0.3) is 0 Å². The minimum atomic E-state index is -0.421. The van der Waals surface area contributed by atoms with Crippen LogP contribution in [0.1, 0.15) is 60.3 Å². The third-order valence-electron chi connectivity index (χ3n) is 4.54. The fourth-order valence-electron chi connectivity index (χ4n) is 3.48. The molecule has 5 heteroatoms. The van der Waals surface area contributed by atoms with Crippen LogP contribution in [-0.4, -0.2) is 54.4 Å². The molecule has 0 aromatic rings. The number of rotatable bonds is 5. The summed E-state index contributed by atoms with van der Waals surface area (Å²) in [7, 11) is 0. The zero-order chi connectivity index (χ0) is 17.0. The molecule has 0 bridgehead atoms. The van der Waals surface area contributed by atoms with Gasteiger partial charge in [0.1, 0.15) is 5.60 Å². The number of amides is 1. The smallest absolute Gasteiger partial charge is 0.407 e. The molecule has 2 fully saturated rings. The summed E-state index contributed by atoms with van der Waals surface area (Å²) in [5.41, 5.74) is -0.421. The van der Waals surface area contributed by atoms with E-state index in [1.54, 1.807) is 0 Å². The Hall–Kier alpha value is -0.810. The largest absolute Gasteiger partial charge is 0.444 e. The second-order valence-electron chi connectivity index (χ2n) is 8.65. The molecule has 0 aromatic heterocycles. The maximum absolute atomic E-state index is 11.7. The molecule has 0 unspecified atom stereocenters. The molecular weight excluding hydrogens is 290 g/mol. The van der Waals surface area contributed by atoms with E-state index in [-0.39, 0.29) is 12.1 Å². The highest BCUT2D eigenvalue weighted by atomic mass is 16.6. The molecule has 0 spiro atoms. The van der Waals surface area contributed by atoms with E-state index in [9.17, 15) is 4.79 Å². The summed E-state index contributed by atoms with van der Waals surface area (Å²) in [5.74, 6) is 0.755. The molecule has 5 nitrogen and oxygen atoms in total. The van der Waals surface area contributed by atoms with E-state index in [0.29, 0.717) is 12.1 Å². The number of hydrogen-bond donors (Lipinski definition) is 2. The molecule has 2 aliphatic rings. The van der Waals surface area contributed by atoms with E-state index in [2.05, 4.69) is 29.4 Å². The van der Waals surface area contributed by atoms with Crippen LogP contribution in [0, 0.1) is 5.92 Å². The van der Waals surface area contributed by atoms with Crippen molar-refractivity contribution < 1.29 is 9.53 Å². The van der Waals surface area contributed by atoms with E-state index < -0.39 is 5.60 Å². The van der Waals surface area contributed by atoms with Crippen molar-refractivity contribution in [3.63, 3.8) is 0 Å². The van der Waals surface area contributed by atoms with Gasteiger partial charge in [-0.1, -0.05) is 13.8 Å². The molecule has 1 amide bonds. The minimum Gasteiger partial charge on any atom is -0.444 e. The van der Waals surface area contributed by atoms with Crippen LogP contribution >= 0.6 is 0 Å². The van der Waals surface area contributed by atoms with Crippen molar-refractivity contribution in [1.82, 2.24) is 15.5 Å². The van der Waals surface area contributed by atoms with Gasteiger partial charge >= 0.3 is 6.09 Å². The van der Waals surface area contributed by atoms with E-state index in [4.69, 9.17) is 4.74 Å². The monoisotopic (exact) mass is 325 g/mol. The third kappa shape index (κ3) is 6.68. The molecule has 2 rings (SSSR count). The molecular formula is C18H35N3O2. The molecule has 1 heterocycles. The number of nitrogens with one attached hydrogen (secondary N) is 2. The van der Waals surface area contributed by atoms with Crippen LogP contribution in [0.15, 0.2) is 0 Å². The number of carbonyl (C=O) groups is 1. The number of carbonyl (C=O) groups excluding carboxylic acids is 1. The predicted octanol–water partition coefficient (Wildman–Crippen LogP) is 2.75. The average molecular weight is 325 g/mol. The first-order chi connectivity index (χ1) is 10.7. The Balaban J connectivity index is 1.57. The zero-order valence-electron chi connectivity index (χ0n) is 15.5. The Morgan fingerprint density at radius 3 is 2.26 bits per heavy atom. The molecule has 1 aliphatic carbocycles. The summed E-state index contributed by atoms with van der Waals surface area (Å²) in [6, 6.07) is 1.46. The molecule has 1 aliphatic heterocycles. The standard InChI is InChI=1S/C18H35N3O2/c1-13(2)12-21-8-6-14(7-9-21)19-15-10-16(11-15)20-17(22)23-18(3,4)5/h13-16,19H,6-12H2,1-5H3,(H,20,22). The maximum atomic E-state index is 11.7. The van der Waals surface area contributed by atoms with E-state index in [1.807, 2.05) is 20.8 Å². The fourth-order valence-corrected chi connectivity index (χ4v) is 3.48. The summed E-state index contributed by atoms with van der Waals surface area (Å²) in [6.07, 6.45) is 4.24. The lowest BCUT2D eigenvalue weighted by atomic mass is 9.85. The number of nitrogens with zero attached hydrogens (tertiary/aromatic N) is 1. The van der Waals surface area contributed by atoms with Gasteiger partial charge in [-0.3, -0.25) is 0 Å². The van der Waals surface area contributed by atoms with Crippen LogP contribution in [0.5, 0.6) is 0 Å². The molecule has 23 heavy (non-hydrogen) atoms. The highest BCUT2D eigenvalue weighted by Crippen LogP contribution is 2.23. The van der Waals surface area contributed by atoms with E-state index >= 15 is 0 Å². The number of ether oxygens (including phenoxy) is 1. The molecule has 0 radical (unpaired) electrons. The van der Waals surface area contributed by atoms with Crippen molar-refractivity contribution in [2.45, 2.75) is 84.0 Å². The number of likely N-dealkylation sites (tertiary alicyclic amines) is 1. The highest BCUT2D eigenvalue weighted by Gasteiger charge is 2.33. The third-order valence-corrected chi connectivity index (χ3v) is 4.54. The summed E-state index contributed by atoms with van der Waals surface area (Å²) in [6.45, 7) is 13.9. The predicted molar refractivity (Wildman–Crippen MR) is 93.6 cm³/mol. The number of hydrogen-bond acceptors (Lipinski definition) is 4. The summed E-state index contributed by atoms with van der Waals surface area (Å²) >= 11 is 0. The zero-order valence-corrected chi connectivity index (χ0v) is 15.5. The van der Waals surface area contributed by atoms with Crippen molar-refractivity contribution in [1.29, 1.82) is 0 Å². The van der Waals surface area contributed by atoms with Crippen LogP contribution in [-0.2, 0) is 4.74 Å². The summed E-state index contributed by atoms with van der Waals surface area (Å²) < 4.78 is 5.30. The minimum absolute atomic E-state index is 0.267. The van der Waals surface area contributed by atoms with Crippen molar-refractivity contribution in [3.8, 4) is 0 Å². The second-order valence-corrected chi connectivity index (χ2v) is 8.65. The molecule has 1 saturated heterocycles. The quantitative estimate of drug-likeness (QED) is 0.816. The lowest BCUT2D eigenvalue weighted by Crippen LogP contribution is -2.56. The van der Waals surface area contributed by atoms with Gasteiger partial charge in [-0.15, -0.1) is 0 Å². The van der Waals surface area contributed by atoms with Gasteiger partial charge in [0.15, 0.2) is 0 Å². The van der Waals surface area contributed by atoms with Crippen LogP contribution in [0.2, 0.25) is 0 Å². The van der Waals surface area contributed by atoms with Gasteiger partial charge in [-0.2, -0.15) is 0 Å². The number of alkyl carbamates (subject to hydrolysis) is 1.